The number of urea groups is 2. The number of rotatable bonds is 8. The van der Waals surface area contributed by atoms with Gasteiger partial charge in [0.05, 0.1) is 12.6 Å². The Labute approximate surface area is 147 Å². The molecule has 140 valence electrons. The van der Waals surface area contributed by atoms with Gasteiger partial charge in [0.25, 0.3) is 0 Å². The van der Waals surface area contributed by atoms with Crippen molar-refractivity contribution in [1.29, 1.82) is 0 Å². The minimum Gasteiger partial charge on any atom is -0.508 e. The van der Waals surface area contributed by atoms with E-state index in [0.717, 1.165) is 28.4 Å². The lowest BCUT2D eigenvalue weighted by molar-refractivity contribution is 0.123. The van der Waals surface area contributed by atoms with Crippen LogP contribution in [0.2, 0.25) is 0 Å². The summed E-state index contributed by atoms with van der Waals surface area (Å²) in [5, 5.41) is 11.0. The molecule has 9 nitrogen and oxygen atoms in total. The van der Waals surface area contributed by atoms with E-state index in [1.807, 2.05) is 26.0 Å². The molecule has 0 bridgehead atoms. The van der Waals surface area contributed by atoms with Crippen molar-refractivity contribution in [3.63, 3.8) is 0 Å². The van der Waals surface area contributed by atoms with Crippen molar-refractivity contribution < 1.29 is 14.7 Å². The molecule has 9 N–H and O–H groups in total. The zero-order valence-electron chi connectivity index (χ0n) is 14.7. The van der Waals surface area contributed by atoms with Gasteiger partial charge in [-0.2, -0.15) is 0 Å². The van der Waals surface area contributed by atoms with Gasteiger partial charge in [0, 0.05) is 0 Å². The van der Waals surface area contributed by atoms with E-state index in [0.29, 0.717) is 6.42 Å². The fraction of sp³-hybridized carbons (Fsp3) is 0.500. The number of aryl methyl sites for hydroxylation is 1. The molecule has 25 heavy (non-hydrogen) atoms. The number of hydrogen-bond acceptors (Lipinski definition) is 5. The summed E-state index contributed by atoms with van der Waals surface area (Å²) in [7, 11) is 0. The highest BCUT2D eigenvalue weighted by atomic mass is 16.3. The van der Waals surface area contributed by atoms with E-state index in [2.05, 4.69) is 0 Å². The Morgan fingerprint density at radius 3 is 2.16 bits per heavy atom. The zero-order valence-corrected chi connectivity index (χ0v) is 14.7. The van der Waals surface area contributed by atoms with Gasteiger partial charge in [-0.15, -0.1) is 0 Å². The molecule has 9 heteroatoms. The highest BCUT2D eigenvalue weighted by Gasteiger charge is 2.29. The van der Waals surface area contributed by atoms with E-state index >= 15 is 0 Å². The first-order chi connectivity index (χ1) is 11.5. The third kappa shape index (κ3) is 6.86. The van der Waals surface area contributed by atoms with Gasteiger partial charge in [0.2, 0.25) is 0 Å². The molecule has 0 radical (unpaired) electrons. The molecule has 0 heterocycles. The maximum atomic E-state index is 11.4. The van der Waals surface area contributed by atoms with Crippen LogP contribution in [0, 0.1) is 5.41 Å². The van der Waals surface area contributed by atoms with Crippen molar-refractivity contribution in [3.8, 4) is 5.75 Å². The molecule has 4 amide bonds. The van der Waals surface area contributed by atoms with Crippen molar-refractivity contribution in [2.45, 2.75) is 39.2 Å². The quantitative estimate of drug-likeness (QED) is 0.262. The molecule has 0 aromatic heterocycles. The highest BCUT2D eigenvalue weighted by molar-refractivity contribution is 5.72. The van der Waals surface area contributed by atoms with Crippen LogP contribution in [0.25, 0.3) is 0 Å². The largest absolute Gasteiger partial charge is 0.508 e. The molecule has 1 atom stereocenters. The summed E-state index contributed by atoms with van der Waals surface area (Å²) in [5.41, 5.74) is 11.3. The number of nitrogens with zero attached hydrogens (tertiary/aromatic N) is 2. The number of benzene rings is 1. The third-order valence-corrected chi connectivity index (χ3v) is 4.15. The number of hydrogen-bond donors (Lipinski definition) is 5. The van der Waals surface area contributed by atoms with Crippen LogP contribution in [0.5, 0.6) is 5.75 Å². The van der Waals surface area contributed by atoms with Gasteiger partial charge in [-0.05, 0) is 42.4 Å². The summed E-state index contributed by atoms with van der Waals surface area (Å²) in [6.07, 6.45) is 2.05. The fourth-order valence-corrected chi connectivity index (χ4v) is 2.63. The normalized spacial score (nSPS) is 12.5. The molecule has 1 rings (SSSR count). The molecule has 1 aromatic rings. The van der Waals surface area contributed by atoms with Gasteiger partial charge in [-0.3, -0.25) is 10.0 Å². The number of primary amides is 2. The molecule has 0 saturated heterocycles. The molecule has 0 saturated carbocycles. The Morgan fingerprint density at radius 1 is 1.12 bits per heavy atom. The number of phenols is 1. The standard InChI is InChI=1S/C16H28N6O3/c1-16(2,8-7-11-3-5-13(23)6-4-11)9-12(22(20)15(18)25)10-21(19)14(17)24/h3-6,12,23H,7-10,19-20H2,1-2H3,(H2,17,24)(H2,18,25)/t12-/m0/s1. The number of carbonyl (C=O) groups is 2. The maximum Gasteiger partial charge on any atom is 0.329 e. The molecule has 0 unspecified atom stereocenters. The van der Waals surface area contributed by atoms with E-state index in [-0.39, 0.29) is 17.7 Å². The molecule has 0 aliphatic heterocycles. The van der Waals surface area contributed by atoms with Gasteiger partial charge < -0.3 is 16.6 Å². The van der Waals surface area contributed by atoms with Gasteiger partial charge in [-0.1, -0.05) is 26.0 Å². The van der Waals surface area contributed by atoms with Crippen LogP contribution in [-0.4, -0.2) is 39.8 Å². The lowest BCUT2D eigenvalue weighted by atomic mass is 9.80. The number of nitrogens with two attached hydrogens (primary N) is 4. The lowest BCUT2D eigenvalue weighted by Gasteiger charge is -2.35. The Morgan fingerprint density at radius 2 is 1.68 bits per heavy atom. The van der Waals surface area contributed by atoms with E-state index in [1.165, 1.54) is 0 Å². The van der Waals surface area contributed by atoms with Crippen molar-refractivity contribution >= 4 is 12.1 Å². The summed E-state index contributed by atoms with van der Waals surface area (Å²) in [6.45, 7) is 4.04. The predicted octanol–water partition coefficient (Wildman–Crippen LogP) is 0.619. The number of aromatic hydroxyl groups is 1. The summed E-state index contributed by atoms with van der Waals surface area (Å²) < 4.78 is 0. The van der Waals surface area contributed by atoms with E-state index in [9.17, 15) is 14.7 Å². The average molecular weight is 352 g/mol. The second-order valence-electron chi connectivity index (χ2n) is 6.92. The molecular weight excluding hydrogens is 324 g/mol. The Balaban J connectivity index is 2.76. The second kappa shape index (κ2) is 8.54. The Bertz CT molecular complexity index is 590. The Kier molecular flexibility index (Phi) is 7.01. The van der Waals surface area contributed by atoms with Gasteiger partial charge in [-0.25, -0.2) is 21.3 Å². The van der Waals surface area contributed by atoms with Gasteiger partial charge in [0.15, 0.2) is 0 Å². The van der Waals surface area contributed by atoms with Crippen molar-refractivity contribution in [1.82, 2.24) is 10.0 Å². The molecular formula is C16H28N6O3. The van der Waals surface area contributed by atoms with Gasteiger partial charge >= 0.3 is 12.1 Å². The summed E-state index contributed by atoms with van der Waals surface area (Å²) in [5.74, 6) is 11.5. The monoisotopic (exact) mass is 352 g/mol. The van der Waals surface area contributed by atoms with Crippen LogP contribution in [-0.2, 0) is 6.42 Å². The summed E-state index contributed by atoms with van der Waals surface area (Å²) >= 11 is 0. The zero-order chi connectivity index (χ0) is 19.2. The topological polar surface area (TPSA) is 165 Å². The second-order valence-corrected chi connectivity index (χ2v) is 6.92. The van der Waals surface area contributed by atoms with Crippen LogP contribution >= 0.6 is 0 Å². The van der Waals surface area contributed by atoms with E-state index in [1.54, 1.807) is 12.1 Å². The number of amides is 4. The highest BCUT2D eigenvalue weighted by Crippen LogP contribution is 2.30. The van der Waals surface area contributed by atoms with Gasteiger partial charge in [0.1, 0.15) is 5.75 Å². The van der Waals surface area contributed by atoms with Crippen LogP contribution in [0.4, 0.5) is 9.59 Å². The van der Waals surface area contributed by atoms with E-state index in [4.69, 9.17) is 23.2 Å². The minimum atomic E-state index is -0.815. The van der Waals surface area contributed by atoms with Crippen LogP contribution in [0.3, 0.4) is 0 Å². The smallest absolute Gasteiger partial charge is 0.329 e. The molecule has 1 aromatic carbocycles. The van der Waals surface area contributed by atoms with Crippen molar-refractivity contribution in [2.75, 3.05) is 6.54 Å². The molecule has 0 spiro atoms. The summed E-state index contributed by atoms with van der Waals surface area (Å²) in [6, 6.07) is 4.80. The number of phenolic OH excluding ortho intramolecular Hbond substituents is 1. The van der Waals surface area contributed by atoms with Crippen molar-refractivity contribution in [2.24, 2.45) is 28.6 Å². The molecule has 0 aliphatic rings. The average Bonchev–Trinajstić information content (AvgIpc) is 2.52. The molecule has 0 aliphatic carbocycles. The number of hydrazine groups is 2. The maximum absolute atomic E-state index is 11.4. The fourth-order valence-electron chi connectivity index (χ4n) is 2.63. The van der Waals surface area contributed by atoms with E-state index < -0.39 is 18.1 Å². The first-order valence-electron chi connectivity index (χ1n) is 7.95. The summed E-state index contributed by atoms with van der Waals surface area (Å²) in [4.78, 5) is 22.6. The molecule has 0 fully saturated rings. The van der Waals surface area contributed by atoms with Crippen LogP contribution in [0.1, 0.15) is 32.3 Å². The first kappa shape index (κ1) is 20.5. The predicted molar refractivity (Wildman–Crippen MR) is 94.7 cm³/mol. The van der Waals surface area contributed by atoms with Crippen molar-refractivity contribution in [3.05, 3.63) is 29.8 Å². The number of carbonyl (C=O) groups excluding carboxylic acids is 2. The van der Waals surface area contributed by atoms with Crippen LogP contribution in [0.15, 0.2) is 24.3 Å². The Hall–Kier alpha value is -2.52. The SMILES string of the molecule is CC(C)(CCc1ccc(O)cc1)C[C@@H](CN(N)C(N)=O)N(N)C(N)=O. The lowest BCUT2D eigenvalue weighted by Crippen LogP contribution is -2.57. The third-order valence-electron chi connectivity index (χ3n) is 4.15. The first-order valence-corrected chi connectivity index (χ1v) is 7.95. The minimum absolute atomic E-state index is 0.0165. The van der Waals surface area contributed by atoms with Crippen LogP contribution < -0.4 is 23.2 Å².